The number of nitrogens with zero attached hydrogens (tertiary/aromatic N) is 2. The van der Waals surface area contributed by atoms with Gasteiger partial charge in [-0.25, -0.2) is 9.59 Å². The SMILES string of the molecule is N=C(N)c1ccc(OC(=O)N2CCCC2)c(OCCOC(=O)c2ccc(C(=N)N3CCCC3)cc2)c1. The molecule has 2 heterocycles. The van der Waals surface area contributed by atoms with Crippen molar-refractivity contribution >= 4 is 23.7 Å². The number of rotatable bonds is 8. The fourth-order valence-corrected chi connectivity index (χ4v) is 4.19. The lowest BCUT2D eigenvalue weighted by Crippen LogP contribution is -2.30. The van der Waals surface area contributed by atoms with Crippen LogP contribution in [0.15, 0.2) is 42.5 Å². The lowest BCUT2D eigenvalue weighted by atomic mass is 10.1. The Morgan fingerprint density at radius 3 is 2.00 bits per heavy atom. The van der Waals surface area contributed by atoms with Crippen LogP contribution in [0.4, 0.5) is 4.79 Å². The maximum atomic E-state index is 12.4. The van der Waals surface area contributed by atoms with Gasteiger partial charge in [0.2, 0.25) is 0 Å². The van der Waals surface area contributed by atoms with E-state index >= 15 is 0 Å². The quantitative estimate of drug-likeness (QED) is 0.222. The number of hydrogen-bond acceptors (Lipinski definition) is 7. The van der Waals surface area contributed by atoms with E-state index in [0.29, 0.717) is 30.1 Å². The highest BCUT2D eigenvalue weighted by Crippen LogP contribution is 2.29. The van der Waals surface area contributed by atoms with Gasteiger partial charge in [-0.15, -0.1) is 0 Å². The van der Waals surface area contributed by atoms with Gasteiger partial charge in [-0.3, -0.25) is 10.8 Å². The first-order chi connectivity index (χ1) is 17.4. The standard InChI is InChI=1S/C26H31N5O5/c27-23(28)20-9-10-21(36-26(33)31-13-3-4-14-31)22(17-20)34-15-16-35-25(32)19-7-5-18(6-8-19)24(29)30-11-1-2-12-30/h5-10,17,29H,1-4,11-16H2,(H3,27,28). The predicted octanol–water partition coefficient (Wildman–Crippen LogP) is 3.22. The normalized spacial score (nSPS) is 15.0. The van der Waals surface area contributed by atoms with E-state index in [9.17, 15) is 9.59 Å². The summed E-state index contributed by atoms with van der Waals surface area (Å²) in [6.07, 6.45) is 3.61. The molecule has 2 aromatic rings. The molecule has 36 heavy (non-hydrogen) atoms. The number of esters is 1. The van der Waals surface area contributed by atoms with Gasteiger partial charge in [-0.2, -0.15) is 0 Å². The Bertz CT molecular complexity index is 1120. The zero-order chi connectivity index (χ0) is 25.5. The fraction of sp³-hybridized carbons (Fsp3) is 0.385. The maximum absolute atomic E-state index is 12.4. The highest BCUT2D eigenvalue weighted by molar-refractivity contribution is 5.98. The predicted molar refractivity (Wildman–Crippen MR) is 134 cm³/mol. The number of nitrogen functional groups attached to an aromatic ring is 1. The molecule has 0 atom stereocenters. The minimum Gasteiger partial charge on any atom is -0.486 e. The van der Waals surface area contributed by atoms with Crippen molar-refractivity contribution in [1.82, 2.24) is 9.80 Å². The van der Waals surface area contributed by atoms with Gasteiger partial charge in [0.25, 0.3) is 0 Å². The molecule has 0 aliphatic carbocycles. The van der Waals surface area contributed by atoms with Gasteiger partial charge in [0.05, 0.1) is 5.56 Å². The van der Waals surface area contributed by atoms with Crippen LogP contribution in [-0.2, 0) is 4.74 Å². The first kappa shape index (κ1) is 25.0. The van der Waals surface area contributed by atoms with Crippen molar-refractivity contribution < 1.29 is 23.8 Å². The van der Waals surface area contributed by atoms with E-state index in [-0.39, 0.29) is 30.5 Å². The molecule has 190 valence electrons. The molecule has 4 N–H and O–H groups in total. The third-order valence-electron chi connectivity index (χ3n) is 6.21. The Morgan fingerprint density at radius 1 is 0.778 bits per heavy atom. The Balaban J connectivity index is 1.31. The number of nitrogens with one attached hydrogen (secondary N) is 2. The van der Waals surface area contributed by atoms with Crippen LogP contribution in [0.3, 0.4) is 0 Å². The van der Waals surface area contributed by atoms with Crippen molar-refractivity contribution in [1.29, 1.82) is 10.8 Å². The van der Waals surface area contributed by atoms with Crippen molar-refractivity contribution in [2.24, 2.45) is 5.73 Å². The maximum Gasteiger partial charge on any atom is 0.415 e. The summed E-state index contributed by atoms with van der Waals surface area (Å²) in [6, 6.07) is 11.4. The molecule has 0 spiro atoms. The summed E-state index contributed by atoms with van der Waals surface area (Å²) >= 11 is 0. The number of likely N-dealkylation sites (tertiary alicyclic amines) is 2. The van der Waals surface area contributed by atoms with E-state index in [1.807, 2.05) is 4.90 Å². The number of amidine groups is 2. The Labute approximate surface area is 209 Å². The van der Waals surface area contributed by atoms with Crippen LogP contribution in [0.5, 0.6) is 11.5 Å². The van der Waals surface area contributed by atoms with Gasteiger partial charge in [0.15, 0.2) is 11.5 Å². The molecule has 0 unspecified atom stereocenters. The number of benzene rings is 2. The molecule has 0 radical (unpaired) electrons. The van der Waals surface area contributed by atoms with Crippen molar-refractivity contribution in [3.05, 3.63) is 59.2 Å². The second-order valence-electron chi connectivity index (χ2n) is 8.74. The number of carbonyl (C=O) groups is 2. The lowest BCUT2D eigenvalue weighted by molar-refractivity contribution is 0.0449. The Kier molecular flexibility index (Phi) is 8.04. The summed E-state index contributed by atoms with van der Waals surface area (Å²) in [5, 5.41) is 16.0. The molecule has 10 nitrogen and oxygen atoms in total. The van der Waals surface area contributed by atoms with Crippen LogP contribution in [0.2, 0.25) is 0 Å². The largest absolute Gasteiger partial charge is 0.486 e. The number of nitrogens with two attached hydrogens (primary N) is 1. The average molecular weight is 494 g/mol. The van der Waals surface area contributed by atoms with Crippen molar-refractivity contribution in [2.75, 3.05) is 39.4 Å². The van der Waals surface area contributed by atoms with E-state index in [1.165, 1.54) is 12.1 Å². The third kappa shape index (κ3) is 6.12. The Morgan fingerprint density at radius 2 is 1.36 bits per heavy atom. The zero-order valence-electron chi connectivity index (χ0n) is 20.1. The summed E-state index contributed by atoms with van der Waals surface area (Å²) in [7, 11) is 0. The summed E-state index contributed by atoms with van der Waals surface area (Å²) < 4.78 is 16.5. The van der Waals surface area contributed by atoms with Crippen LogP contribution in [0.1, 0.15) is 47.2 Å². The molecule has 0 bridgehead atoms. The van der Waals surface area contributed by atoms with Gasteiger partial charge < -0.3 is 29.7 Å². The molecule has 2 aliphatic heterocycles. The van der Waals surface area contributed by atoms with Crippen LogP contribution >= 0.6 is 0 Å². The van der Waals surface area contributed by atoms with Crippen molar-refractivity contribution in [3.63, 3.8) is 0 Å². The summed E-state index contributed by atoms with van der Waals surface area (Å²) in [5.41, 5.74) is 7.15. The van der Waals surface area contributed by atoms with Gasteiger partial charge >= 0.3 is 12.1 Å². The molecule has 10 heteroatoms. The van der Waals surface area contributed by atoms with Gasteiger partial charge in [-0.1, -0.05) is 12.1 Å². The minimum atomic E-state index is -0.504. The van der Waals surface area contributed by atoms with Crippen molar-refractivity contribution in [3.8, 4) is 11.5 Å². The molecule has 2 fully saturated rings. The van der Waals surface area contributed by atoms with E-state index in [2.05, 4.69) is 0 Å². The van der Waals surface area contributed by atoms with E-state index in [0.717, 1.165) is 44.3 Å². The first-order valence-corrected chi connectivity index (χ1v) is 12.1. The lowest BCUT2D eigenvalue weighted by Gasteiger charge is -2.18. The van der Waals surface area contributed by atoms with Crippen LogP contribution in [0, 0.1) is 10.8 Å². The van der Waals surface area contributed by atoms with Gasteiger partial charge in [-0.05, 0) is 56.0 Å². The number of hydrogen-bond donors (Lipinski definition) is 3. The van der Waals surface area contributed by atoms with E-state index in [1.54, 1.807) is 35.2 Å². The molecule has 1 amide bonds. The summed E-state index contributed by atoms with van der Waals surface area (Å²) in [6.45, 7) is 3.05. The highest BCUT2D eigenvalue weighted by atomic mass is 16.6. The zero-order valence-corrected chi connectivity index (χ0v) is 20.1. The fourth-order valence-electron chi connectivity index (χ4n) is 4.19. The number of amides is 1. The molecular formula is C26H31N5O5. The highest BCUT2D eigenvalue weighted by Gasteiger charge is 2.22. The smallest absolute Gasteiger partial charge is 0.415 e. The van der Waals surface area contributed by atoms with Crippen LogP contribution in [-0.4, -0.2) is 72.9 Å². The molecular weight excluding hydrogens is 462 g/mol. The molecule has 2 aromatic carbocycles. The minimum absolute atomic E-state index is 0.0129. The topological polar surface area (TPSA) is 142 Å². The number of ether oxygens (including phenoxy) is 3. The van der Waals surface area contributed by atoms with E-state index < -0.39 is 12.1 Å². The Hall–Kier alpha value is -4.08. The number of carbonyl (C=O) groups excluding carboxylic acids is 2. The molecule has 2 aliphatic rings. The molecule has 2 saturated heterocycles. The summed E-state index contributed by atoms with van der Waals surface area (Å²) in [4.78, 5) is 28.5. The van der Waals surface area contributed by atoms with Crippen molar-refractivity contribution in [2.45, 2.75) is 25.7 Å². The second-order valence-corrected chi connectivity index (χ2v) is 8.74. The van der Waals surface area contributed by atoms with Crippen LogP contribution < -0.4 is 15.2 Å². The van der Waals surface area contributed by atoms with Gasteiger partial charge in [0, 0.05) is 37.3 Å². The third-order valence-corrected chi connectivity index (χ3v) is 6.21. The van der Waals surface area contributed by atoms with Gasteiger partial charge in [0.1, 0.15) is 24.9 Å². The molecule has 0 saturated carbocycles. The second kappa shape index (κ2) is 11.6. The molecule has 4 rings (SSSR count). The molecule has 0 aromatic heterocycles. The van der Waals surface area contributed by atoms with Crippen LogP contribution in [0.25, 0.3) is 0 Å². The first-order valence-electron chi connectivity index (χ1n) is 12.1. The monoisotopic (exact) mass is 493 g/mol. The summed E-state index contributed by atoms with van der Waals surface area (Å²) in [5.74, 6) is 0.256. The average Bonchev–Trinajstić information content (AvgIpc) is 3.62. The van der Waals surface area contributed by atoms with E-state index in [4.69, 9.17) is 30.8 Å².